The van der Waals surface area contributed by atoms with Gasteiger partial charge in [-0.25, -0.2) is 0 Å². The summed E-state index contributed by atoms with van der Waals surface area (Å²) in [6.45, 7) is 10.5. The van der Waals surface area contributed by atoms with Crippen molar-refractivity contribution in [3.8, 4) is 0 Å². The van der Waals surface area contributed by atoms with Crippen molar-refractivity contribution in [2.24, 2.45) is 5.92 Å². The molecule has 1 aliphatic rings. The van der Waals surface area contributed by atoms with Crippen LogP contribution in [-0.4, -0.2) is 6.79 Å². The van der Waals surface area contributed by atoms with Gasteiger partial charge in [0.1, 0.15) is 6.79 Å². The zero-order chi connectivity index (χ0) is 17.9. The second-order valence-corrected chi connectivity index (χ2v) is 5.95. The largest absolute Gasteiger partial charge is 0.307 e. The highest BCUT2D eigenvalue weighted by atomic mass is 16.1. The van der Waals surface area contributed by atoms with E-state index in [2.05, 4.69) is 68.5 Å². The first-order valence-electron chi connectivity index (χ1n) is 8.87. The van der Waals surface area contributed by atoms with E-state index in [4.69, 9.17) is 4.79 Å². The van der Waals surface area contributed by atoms with E-state index in [1.54, 1.807) is 0 Å². The molecule has 1 aliphatic carbocycles. The number of rotatable bonds is 3. The van der Waals surface area contributed by atoms with Crippen LogP contribution < -0.4 is 0 Å². The van der Waals surface area contributed by atoms with Gasteiger partial charge in [0.15, 0.2) is 0 Å². The molecule has 0 heterocycles. The fourth-order valence-corrected chi connectivity index (χ4v) is 3.25. The molecule has 1 nitrogen and oxygen atoms in total. The Morgan fingerprint density at radius 1 is 1.04 bits per heavy atom. The van der Waals surface area contributed by atoms with Crippen LogP contribution in [0.15, 0.2) is 54.6 Å². The van der Waals surface area contributed by atoms with Crippen LogP contribution in [0.5, 0.6) is 0 Å². The topological polar surface area (TPSA) is 17.1 Å². The van der Waals surface area contributed by atoms with Gasteiger partial charge in [0.05, 0.1) is 0 Å². The van der Waals surface area contributed by atoms with E-state index >= 15 is 0 Å². The van der Waals surface area contributed by atoms with Gasteiger partial charge in [-0.2, -0.15) is 0 Å². The predicted octanol–water partition coefficient (Wildman–Crippen LogP) is 6.04. The number of hydrogen-bond acceptors (Lipinski definition) is 1. The number of hydrogen-bond donors (Lipinski definition) is 0. The van der Waals surface area contributed by atoms with E-state index in [0.717, 1.165) is 6.42 Å². The Hall–Kier alpha value is -2.15. The van der Waals surface area contributed by atoms with Gasteiger partial charge in [0, 0.05) is 0 Å². The Kier molecular flexibility index (Phi) is 8.78. The van der Waals surface area contributed by atoms with Crippen molar-refractivity contribution >= 4 is 12.4 Å². The summed E-state index contributed by atoms with van der Waals surface area (Å²) in [5, 5.41) is 0. The first kappa shape index (κ1) is 19.9. The summed E-state index contributed by atoms with van der Waals surface area (Å²) in [5.41, 5.74) is 7.35. The SMILES string of the molecule is C=O.CC.Cc1ccc2c(c1)CCC=C2C(C)Cc1ccccc1. The van der Waals surface area contributed by atoms with E-state index in [1.165, 1.54) is 40.7 Å². The highest BCUT2D eigenvalue weighted by Crippen LogP contribution is 2.33. The number of aryl methyl sites for hydroxylation is 2. The van der Waals surface area contributed by atoms with Gasteiger partial charge in [0.2, 0.25) is 0 Å². The fraction of sp³-hybridized carbons (Fsp3) is 0.348. The monoisotopic (exact) mass is 322 g/mol. The van der Waals surface area contributed by atoms with Gasteiger partial charge in [-0.05, 0) is 54.4 Å². The van der Waals surface area contributed by atoms with Gasteiger partial charge in [0.25, 0.3) is 0 Å². The third kappa shape index (κ3) is 5.19. The minimum Gasteiger partial charge on any atom is -0.307 e. The summed E-state index contributed by atoms with van der Waals surface area (Å²) < 4.78 is 0. The Morgan fingerprint density at radius 2 is 1.71 bits per heavy atom. The molecule has 0 spiro atoms. The quantitative estimate of drug-likeness (QED) is 0.673. The van der Waals surface area contributed by atoms with Crippen molar-refractivity contribution in [3.05, 3.63) is 76.9 Å². The lowest BCUT2D eigenvalue weighted by atomic mass is 9.81. The van der Waals surface area contributed by atoms with E-state index in [9.17, 15) is 0 Å². The maximum absolute atomic E-state index is 8.00. The summed E-state index contributed by atoms with van der Waals surface area (Å²) in [4.78, 5) is 8.00. The highest BCUT2D eigenvalue weighted by Gasteiger charge is 2.17. The molecule has 3 rings (SSSR count). The van der Waals surface area contributed by atoms with Crippen LogP contribution in [0, 0.1) is 12.8 Å². The Bertz CT molecular complexity index is 640. The molecule has 0 saturated carbocycles. The smallest absolute Gasteiger partial charge is 0.106 e. The lowest BCUT2D eigenvalue weighted by Gasteiger charge is -2.23. The van der Waals surface area contributed by atoms with Gasteiger partial charge in [-0.15, -0.1) is 0 Å². The molecule has 0 aromatic heterocycles. The van der Waals surface area contributed by atoms with Crippen LogP contribution in [0.4, 0.5) is 0 Å². The number of fused-ring (bicyclic) bond motifs is 1. The van der Waals surface area contributed by atoms with Crippen molar-refractivity contribution in [2.75, 3.05) is 0 Å². The van der Waals surface area contributed by atoms with E-state index in [0.29, 0.717) is 5.92 Å². The minimum absolute atomic E-state index is 0.583. The molecule has 24 heavy (non-hydrogen) atoms. The summed E-state index contributed by atoms with van der Waals surface area (Å²) >= 11 is 0. The van der Waals surface area contributed by atoms with Crippen LogP contribution >= 0.6 is 0 Å². The normalized spacial score (nSPS) is 13.2. The summed E-state index contributed by atoms with van der Waals surface area (Å²) in [6, 6.07) is 17.7. The minimum atomic E-state index is 0.583. The second-order valence-electron chi connectivity index (χ2n) is 5.95. The molecule has 1 heteroatoms. The molecule has 0 bridgehead atoms. The van der Waals surface area contributed by atoms with Crippen LogP contribution in [0.25, 0.3) is 5.57 Å². The first-order chi connectivity index (χ1) is 11.7. The molecule has 0 fully saturated rings. The molecule has 0 radical (unpaired) electrons. The lowest BCUT2D eigenvalue weighted by molar-refractivity contribution is -0.0979. The fourth-order valence-electron chi connectivity index (χ4n) is 3.25. The third-order valence-electron chi connectivity index (χ3n) is 4.27. The molecule has 0 aliphatic heterocycles. The molecule has 0 N–H and O–H groups in total. The van der Waals surface area contributed by atoms with Gasteiger partial charge < -0.3 is 4.79 Å². The number of carbonyl (C=O) groups is 1. The summed E-state index contributed by atoms with van der Waals surface area (Å²) in [7, 11) is 0. The highest BCUT2D eigenvalue weighted by molar-refractivity contribution is 5.72. The lowest BCUT2D eigenvalue weighted by Crippen LogP contribution is -2.09. The Balaban J connectivity index is 0.000000671. The Morgan fingerprint density at radius 3 is 2.38 bits per heavy atom. The zero-order valence-corrected chi connectivity index (χ0v) is 15.5. The molecular weight excluding hydrogens is 292 g/mol. The van der Waals surface area contributed by atoms with Gasteiger partial charge in [-0.3, -0.25) is 0 Å². The van der Waals surface area contributed by atoms with Crippen molar-refractivity contribution in [3.63, 3.8) is 0 Å². The molecule has 128 valence electrons. The van der Waals surface area contributed by atoms with Crippen molar-refractivity contribution in [1.29, 1.82) is 0 Å². The van der Waals surface area contributed by atoms with Gasteiger partial charge >= 0.3 is 0 Å². The number of allylic oxidation sites excluding steroid dienone is 2. The second kappa shape index (κ2) is 10.6. The number of carbonyl (C=O) groups excluding carboxylic acids is 1. The molecule has 0 saturated heterocycles. The predicted molar refractivity (Wildman–Crippen MR) is 105 cm³/mol. The van der Waals surface area contributed by atoms with Crippen LogP contribution in [-0.2, 0) is 17.6 Å². The van der Waals surface area contributed by atoms with E-state index in [1.807, 2.05) is 20.6 Å². The maximum Gasteiger partial charge on any atom is 0.106 e. The van der Waals surface area contributed by atoms with Crippen LogP contribution in [0.1, 0.15) is 49.4 Å². The van der Waals surface area contributed by atoms with Crippen LogP contribution in [0.3, 0.4) is 0 Å². The zero-order valence-electron chi connectivity index (χ0n) is 15.5. The third-order valence-corrected chi connectivity index (χ3v) is 4.27. The van der Waals surface area contributed by atoms with E-state index in [-0.39, 0.29) is 0 Å². The maximum atomic E-state index is 8.00. The summed E-state index contributed by atoms with van der Waals surface area (Å²) in [5.74, 6) is 0.583. The molecule has 0 amide bonds. The van der Waals surface area contributed by atoms with E-state index < -0.39 is 0 Å². The summed E-state index contributed by atoms with van der Waals surface area (Å²) in [6.07, 6.45) is 5.95. The first-order valence-corrected chi connectivity index (χ1v) is 8.87. The standard InChI is InChI=1S/C20H22.C2H6.CH2O/c1-15-11-12-20-18(13-15)9-6-10-19(20)16(2)14-17-7-4-3-5-8-17;2*1-2/h3-5,7-8,10-13,16H,6,9,14H2,1-2H3;1-2H3;1H2. The van der Waals surface area contributed by atoms with Crippen LogP contribution in [0.2, 0.25) is 0 Å². The number of benzene rings is 2. The average molecular weight is 322 g/mol. The Labute approximate surface area is 147 Å². The molecular formula is C23H30O. The molecule has 2 aromatic carbocycles. The van der Waals surface area contributed by atoms with Crippen molar-refractivity contribution in [2.45, 2.75) is 47.0 Å². The molecule has 1 atom stereocenters. The van der Waals surface area contributed by atoms with Gasteiger partial charge in [-0.1, -0.05) is 80.9 Å². The molecule has 1 unspecified atom stereocenters. The average Bonchev–Trinajstić information content (AvgIpc) is 2.65. The van der Waals surface area contributed by atoms with Crippen molar-refractivity contribution in [1.82, 2.24) is 0 Å². The molecule has 2 aromatic rings. The van der Waals surface area contributed by atoms with Crippen molar-refractivity contribution < 1.29 is 4.79 Å².